The van der Waals surface area contributed by atoms with E-state index in [1.807, 2.05) is 36.4 Å². The average Bonchev–Trinajstić information content (AvgIpc) is 2.47. The number of rotatable bonds is 5. The molecule has 0 aromatic heterocycles. The van der Waals surface area contributed by atoms with E-state index in [-0.39, 0.29) is 24.9 Å². The summed E-state index contributed by atoms with van der Waals surface area (Å²) in [6, 6.07) is 18.2. The molecule has 4 heteroatoms. The van der Waals surface area contributed by atoms with Crippen LogP contribution in [-0.4, -0.2) is 19.6 Å². The number of methoxy groups -OCH3 is 1. The Bertz CT molecular complexity index is 543. The second-order valence-electron chi connectivity index (χ2n) is 4.25. The predicted octanol–water partition coefficient (Wildman–Crippen LogP) is 3.28. The average molecular weight is 292 g/mol. The minimum atomic E-state index is -0.269. The van der Waals surface area contributed by atoms with Gasteiger partial charge in [-0.1, -0.05) is 48.5 Å². The number of carbonyl (C=O) groups excluding carboxylic acids is 1. The van der Waals surface area contributed by atoms with E-state index in [2.05, 4.69) is 28.3 Å². The van der Waals surface area contributed by atoms with Gasteiger partial charge in [-0.05, 0) is 23.6 Å². The maximum atomic E-state index is 11.2. The van der Waals surface area contributed by atoms with Gasteiger partial charge in [-0.2, -0.15) is 0 Å². The van der Waals surface area contributed by atoms with Crippen molar-refractivity contribution < 1.29 is 9.53 Å². The summed E-state index contributed by atoms with van der Waals surface area (Å²) < 4.78 is 4.63. The zero-order chi connectivity index (χ0) is 13.5. The Morgan fingerprint density at radius 2 is 1.70 bits per heavy atom. The normalized spacial score (nSPS) is 9.45. The third kappa shape index (κ3) is 4.59. The highest BCUT2D eigenvalue weighted by Gasteiger charge is 2.05. The molecule has 0 bridgehead atoms. The van der Waals surface area contributed by atoms with Crippen LogP contribution in [0, 0.1) is 0 Å². The molecule has 2 aromatic rings. The summed E-state index contributed by atoms with van der Waals surface area (Å²) in [5.74, 6) is -0.269. The van der Waals surface area contributed by atoms with Crippen LogP contribution >= 0.6 is 12.4 Å². The fourth-order valence-electron chi connectivity index (χ4n) is 1.90. The molecule has 0 spiro atoms. The molecular formula is C16H18ClNO2. The molecular weight excluding hydrogens is 274 g/mol. The molecule has 20 heavy (non-hydrogen) atoms. The highest BCUT2D eigenvalue weighted by atomic mass is 35.5. The van der Waals surface area contributed by atoms with Crippen molar-refractivity contribution in [3.8, 4) is 0 Å². The molecule has 2 rings (SSSR count). The second-order valence-corrected chi connectivity index (χ2v) is 4.25. The van der Waals surface area contributed by atoms with Crippen molar-refractivity contribution in [1.82, 2.24) is 0 Å². The Morgan fingerprint density at radius 3 is 2.40 bits per heavy atom. The van der Waals surface area contributed by atoms with Crippen LogP contribution < -0.4 is 5.32 Å². The molecule has 0 amide bonds. The van der Waals surface area contributed by atoms with E-state index in [1.165, 1.54) is 12.7 Å². The van der Waals surface area contributed by atoms with Crippen LogP contribution in [0.2, 0.25) is 0 Å². The third-order valence-corrected chi connectivity index (χ3v) is 2.91. The van der Waals surface area contributed by atoms with Gasteiger partial charge in [0.2, 0.25) is 0 Å². The molecule has 0 heterocycles. The van der Waals surface area contributed by atoms with Crippen molar-refractivity contribution in [3.05, 3.63) is 65.7 Å². The highest BCUT2D eigenvalue weighted by molar-refractivity contribution is 5.85. The van der Waals surface area contributed by atoms with E-state index in [1.54, 1.807) is 0 Å². The Balaban J connectivity index is 0.00000200. The summed E-state index contributed by atoms with van der Waals surface area (Å²) in [5, 5.41) is 3.11. The topological polar surface area (TPSA) is 38.3 Å². The van der Waals surface area contributed by atoms with Gasteiger partial charge >= 0.3 is 5.97 Å². The van der Waals surface area contributed by atoms with Crippen molar-refractivity contribution in [2.45, 2.75) is 6.42 Å². The number of esters is 1. The van der Waals surface area contributed by atoms with E-state index >= 15 is 0 Å². The molecule has 0 radical (unpaired) electrons. The lowest BCUT2D eigenvalue weighted by Crippen LogP contribution is -2.15. The first-order valence-electron chi connectivity index (χ1n) is 6.22. The van der Waals surface area contributed by atoms with E-state index in [4.69, 9.17) is 0 Å². The maximum Gasteiger partial charge on any atom is 0.325 e. The first kappa shape index (κ1) is 16.1. The third-order valence-electron chi connectivity index (χ3n) is 2.91. The van der Waals surface area contributed by atoms with E-state index < -0.39 is 0 Å². The van der Waals surface area contributed by atoms with Crippen LogP contribution in [0.1, 0.15) is 11.1 Å². The molecule has 0 fully saturated rings. The quantitative estimate of drug-likeness (QED) is 0.859. The number of hydrogen-bond donors (Lipinski definition) is 1. The largest absolute Gasteiger partial charge is 0.468 e. The lowest BCUT2D eigenvalue weighted by atomic mass is 10.0. The molecule has 0 aliphatic carbocycles. The molecule has 3 nitrogen and oxygen atoms in total. The molecule has 0 saturated heterocycles. The molecule has 106 valence electrons. The number of anilines is 1. The molecule has 0 aliphatic heterocycles. The number of halogens is 1. The van der Waals surface area contributed by atoms with Gasteiger partial charge in [0.15, 0.2) is 0 Å². The highest BCUT2D eigenvalue weighted by Crippen LogP contribution is 2.18. The molecule has 1 N–H and O–H groups in total. The smallest absolute Gasteiger partial charge is 0.325 e. The summed E-state index contributed by atoms with van der Waals surface area (Å²) in [5.41, 5.74) is 3.38. The molecule has 0 aliphatic rings. The number of benzene rings is 2. The van der Waals surface area contributed by atoms with Crippen LogP contribution in [0.25, 0.3) is 0 Å². The molecule has 0 atom stereocenters. The van der Waals surface area contributed by atoms with Gasteiger partial charge in [0.25, 0.3) is 0 Å². The standard InChI is InChI=1S/C16H17NO2.ClH/c1-19-16(18)12-17-15-10-6-5-9-14(15)11-13-7-3-2-4-8-13;/h2-10,17H,11-12H2,1H3;1H. The second kappa shape index (κ2) is 8.23. The summed E-state index contributed by atoms with van der Waals surface area (Å²) in [7, 11) is 1.39. The van der Waals surface area contributed by atoms with Crippen molar-refractivity contribution in [1.29, 1.82) is 0 Å². The Labute approximate surface area is 125 Å². The zero-order valence-electron chi connectivity index (χ0n) is 11.3. The van der Waals surface area contributed by atoms with Crippen LogP contribution in [0.4, 0.5) is 5.69 Å². The van der Waals surface area contributed by atoms with E-state index in [9.17, 15) is 4.79 Å². The Kier molecular flexibility index (Phi) is 6.60. The summed E-state index contributed by atoms with van der Waals surface area (Å²) in [6.07, 6.45) is 0.838. The first-order chi connectivity index (χ1) is 9.29. The SMILES string of the molecule is COC(=O)CNc1ccccc1Cc1ccccc1.Cl. The summed E-state index contributed by atoms with van der Waals surface area (Å²) in [4.78, 5) is 11.2. The monoisotopic (exact) mass is 291 g/mol. The van der Waals surface area contributed by atoms with Gasteiger partial charge in [0, 0.05) is 5.69 Å². The van der Waals surface area contributed by atoms with E-state index in [0.29, 0.717) is 0 Å². The number of hydrogen-bond acceptors (Lipinski definition) is 3. The van der Waals surface area contributed by atoms with Gasteiger partial charge in [-0.15, -0.1) is 12.4 Å². The lowest BCUT2D eigenvalue weighted by Gasteiger charge is -2.11. The van der Waals surface area contributed by atoms with Gasteiger partial charge in [-0.25, -0.2) is 0 Å². The Morgan fingerprint density at radius 1 is 1.05 bits per heavy atom. The number of carbonyl (C=O) groups is 1. The number of ether oxygens (including phenoxy) is 1. The van der Waals surface area contributed by atoms with Crippen molar-refractivity contribution >= 4 is 24.1 Å². The van der Waals surface area contributed by atoms with Crippen molar-refractivity contribution in [3.63, 3.8) is 0 Å². The first-order valence-corrected chi connectivity index (χ1v) is 6.22. The van der Waals surface area contributed by atoms with E-state index in [0.717, 1.165) is 17.7 Å². The fraction of sp³-hybridized carbons (Fsp3) is 0.188. The summed E-state index contributed by atoms with van der Waals surface area (Å²) >= 11 is 0. The van der Waals surface area contributed by atoms with Crippen molar-refractivity contribution in [2.75, 3.05) is 19.0 Å². The van der Waals surface area contributed by atoms with Gasteiger partial charge in [-0.3, -0.25) is 4.79 Å². The van der Waals surface area contributed by atoms with Crippen molar-refractivity contribution in [2.24, 2.45) is 0 Å². The fourth-order valence-corrected chi connectivity index (χ4v) is 1.90. The van der Waals surface area contributed by atoms with Crippen LogP contribution in [0.5, 0.6) is 0 Å². The Hall–Kier alpha value is -2.00. The lowest BCUT2D eigenvalue weighted by molar-refractivity contribution is -0.138. The van der Waals surface area contributed by atoms with Gasteiger partial charge in [0.05, 0.1) is 7.11 Å². The number of para-hydroxylation sites is 1. The van der Waals surface area contributed by atoms with Gasteiger partial charge < -0.3 is 10.1 Å². The van der Waals surface area contributed by atoms with Crippen LogP contribution in [0.15, 0.2) is 54.6 Å². The minimum absolute atomic E-state index is 0. The predicted molar refractivity (Wildman–Crippen MR) is 83.4 cm³/mol. The zero-order valence-corrected chi connectivity index (χ0v) is 12.2. The summed E-state index contributed by atoms with van der Waals surface area (Å²) in [6.45, 7) is 0.183. The minimum Gasteiger partial charge on any atom is -0.468 e. The van der Waals surface area contributed by atoms with Crippen LogP contribution in [-0.2, 0) is 16.0 Å². The molecule has 0 saturated carbocycles. The van der Waals surface area contributed by atoms with Crippen LogP contribution in [0.3, 0.4) is 0 Å². The molecule has 0 unspecified atom stereocenters. The van der Waals surface area contributed by atoms with Gasteiger partial charge in [0.1, 0.15) is 6.54 Å². The molecule has 2 aromatic carbocycles. The maximum absolute atomic E-state index is 11.2. The number of nitrogens with one attached hydrogen (secondary N) is 1.